The Morgan fingerprint density at radius 3 is 2.49 bits per heavy atom. The molecule has 0 unspecified atom stereocenters. The van der Waals surface area contributed by atoms with Crippen LogP contribution in [0.15, 0.2) is 48.5 Å². The van der Waals surface area contributed by atoms with Crippen LogP contribution in [-0.2, 0) is 19.6 Å². The largest absolute Gasteiger partial charge is 0.487 e. The van der Waals surface area contributed by atoms with E-state index in [9.17, 15) is 0 Å². The van der Waals surface area contributed by atoms with Crippen LogP contribution in [0.2, 0.25) is 0 Å². The van der Waals surface area contributed by atoms with E-state index in [1.54, 1.807) is 0 Å². The second-order valence-electron chi connectivity index (χ2n) is 9.64. The first-order chi connectivity index (χ1) is 17.1. The molecule has 5 aromatic rings. The van der Waals surface area contributed by atoms with Crippen molar-refractivity contribution in [3.63, 3.8) is 0 Å². The maximum atomic E-state index is 6.27. The SMILES string of the molecule is CCc1nc2c([nH]1)COc1cc(-c3ccc4c(c3)COc3c-4ccc4[nH]c(C(C)C)nc34)ccc1-2. The molecular formula is C29H26N4O2. The summed E-state index contributed by atoms with van der Waals surface area (Å²) >= 11 is 0. The number of nitrogens with zero attached hydrogens (tertiary/aromatic N) is 2. The third-order valence-electron chi connectivity index (χ3n) is 7.05. The molecular weight excluding hydrogens is 436 g/mol. The molecule has 35 heavy (non-hydrogen) atoms. The highest BCUT2D eigenvalue weighted by Crippen LogP contribution is 2.44. The highest BCUT2D eigenvalue weighted by atomic mass is 16.5. The molecule has 0 fully saturated rings. The van der Waals surface area contributed by atoms with Crippen LogP contribution in [0.4, 0.5) is 0 Å². The maximum absolute atomic E-state index is 6.27. The van der Waals surface area contributed by atoms with Crippen molar-refractivity contribution in [3.8, 4) is 45.0 Å². The first-order valence-corrected chi connectivity index (χ1v) is 12.2. The zero-order valence-corrected chi connectivity index (χ0v) is 20.0. The third kappa shape index (κ3) is 3.09. The zero-order chi connectivity index (χ0) is 23.7. The molecule has 7 rings (SSSR count). The molecule has 6 heteroatoms. The lowest BCUT2D eigenvalue weighted by atomic mass is 9.92. The number of nitrogens with one attached hydrogen (secondary N) is 2. The van der Waals surface area contributed by atoms with Crippen molar-refractivity contribution in [3.05, 3.63) is 71.4 Å². The Morgan fingerprint density at radius 2 is 1.66 bits per heavy atom. The van der Waals surface area contributed by atoms with Crippen LogP contribution in [0.25, 0.3) is 44.5 Å². The lowest BCUT2D eigenvalue weighted by Gasteiger charge is -2.22. The quantitative estimate of drug-likeness (QED) is 0.311. The van der Waals surface area contributed by atoms with Gasteiger partial charge in [0.15, 0.2) is 5.75 Å². The molecule has 0 radical (unpaired) electrons. The van der Waals surface area contributed by atoms with Gasteiger partial charge in [-0.05, 0) is 52.6 Å². The average molecular weight is 463 g/mol. The van der Waals surface area contributed by atoms with Crippen LogP contribution in [0.1, 0.15) is 49.6 Å². The van der Waals surface area contributed by atoms with Gasteiger partial charge in [-0.3, -0.25) is 0 Å². The Labute approximate surface area is 203 Å². The predicted octanol–water partition coefficient (Wildman–Crippen LogP) is 6.76. The minimum Gasteiger partial charge on any atom is -0.487 e. The van der Waals surface area contributed by atoms with Gasteiger partial charge in [-0.15, -0.1) is 0 Å². The monoisotopic (exact) mass is 462 g/mol. The number of ether oxygens (including phenoxy) is 2. The molecule has 0 saturated carbocycles. The van der Waals surface area contributed by atoms with Crippen LogP contribution in [-0.4, -0.2) is 19.9 Å². The Morgan fingerprint density at radius 1 is 0.857 bits per heavy atom. The fourth-order valence-corrected chi connectivity index (χ4v) is 5.13. The van der Waals surface area contributed by atoms with Gasteiger partial charge in [-0.2, -0.15) is 0 Å². The van der Waals surface area contributed by atoms with Crippen LogP contribution >= 0.6 is 0 Å². The Kier molecular flexibility index (Phi) is 4.34. The van der Waals surface area contributed by atoms with E-state index in [1.807, 2.05) is 0 Å². The number of aromatic amines is 2. The maximum Gasteiger partial charge on any atom is 0.155 e. The molecule has 2 aromatic heterocycles. The van der Waals surface area contributed by atoms with E-state index in [0.29, 0.717) is 19.1 Å². The first kappa shape index (κ1) is 20.3. The topological polar surface area (TPSA) is 75.8 Å². The molecule has 2 aliphatic heterocycles. The summed E-state index contributed by atoms with van der Waals surface area (Å²) in [6, 6.07) is 17.2. The standard InChI is InChI=1S/C29H26N4O2/c1-4-25-30-23-14-34-24-12-17(6-8-21(24)26(23)32-25)16-5-7-19-18(11-16)13-35-28-20(19)9-10-22-27(28)33-29(31-22)15(2)3/h5-12,15H,4,13-14H2,1-3H3,(H,30,32)(H,31,33). The molecule has 2 aliphatic rings. The Hall–Kier alpha value is -4.06. The normalized spacial score (nSPS) is 13.6. The van der Waals surface area contributed by atoms with E-state index in [2.05, 4.69) is 79.3 Å². The number of hydrogen-bond donors (Lipinski definition) is 2. The average Bonchev–Trinajstić information content (AvgIpc) is 3.52. The van der Waals surface area contributed by atoms with E-state index < -0.39 is 0 Å². The van der Waals surface area contributed by atoms with Crippen LogP contribution in [0, 0.1) is 0 Å². The second-order valence-corrected chi connectivity index (χ2v) is 9.64. The molecule has 174 valence electrons. The van der Waals surface area contributed by atoms with Gasteiger partial charge >= 0.3 is 0 Å². The van der Waals surface area contributed by atoms with Crippen molar-refractivity contribution in [2.75, 3.05) is 0 Å². The lowest BCUT2D eigenvalue weighted by molar-refractivity contribution is 0.298. The highest BCUT2D eigenvalue weighted by molar-refractivity contribution is 5.93. The van der Waals surface area contributed by atoms with E-state index in [4.69, 9.17) is 19.4 Å². The minimum atomic E-state index is 0.338. The summed E-state index contributed by atoms with van der Waals surface area (Å²) in [5.41, 5.74) is 10.8. The van der Waals surface area contributed by atoms with Crippen LogP contribution in [0.3, 0.4) is 0 Å². The van der Waals surface area contributed by atoms with Gasteiger partial charge in [0.1, 0.15) is 36.1 Å². The van der Waals surface area contributed by atoms with E-state index >= 15 is 0 Å². The highest BCUT2D eigenvalue weighted by Gasteiger charge is 2.24. The van der Waals surface area contributed by atoms with E-state index in [-0.39, 0.29) is 0 Å². The lowest BCUT2D eigenvalue weighted by Crippen LogP contribution is -2.06. The molecule has 0 bridgehead atoms. The van der Waals surface area contributed by atoms with Crippen molar-refractivity contribution in [1.29, 1.82) is 0 Å². The summed E-state index contributed by atoms with van der Waals surface area (Å²) in [4.78, 5) is 16.4. The molecule has 0 saturated heterocycles. The van der Waals surface area contributed by atoms with Gasteiger partial charge in [-0.25, -0.2) is 9.97 Å². The summed E-state index contributed by atoms with van der Waals surface area (Å²) in [6.07, 6.45) is 0.880. The van der Waals surface area contributed by atoms with Gasteiger partial charge in [0.25, 0.3) is 0 Å². The fraction of sp³-hybridized carbons (Fsp3) is 0.241. The molecule has 4 heterocycles. The van der Waals surface area contributed by atoms with Gasteiger partial charge in [0.05, 0.1) is 16.9 Å². The van der Waals surface area contributed by atoms with Gasteiger partial charge in [-0.1, -0.05) is 39.0 Å². The number of imidazole rings is 2. The Balaban J connectivity index is 1.27. The summed E-state index contributed by atoms with van der Waals surface area (Å²) in [7, 11) is 0. The number of aromatic nitrogens is 4. The van der Waals surface area contributed by atoms with Crippen LogP contribution in [0.5, 0.6) is 11.5 Å². The minimum absolute atomic E-state index is 0.338. The van der Waals surface area contributed by atoms with Crippen molar-refractivity contribution in [1.82, 2.24) is 19.9 Å². The summed E-state index contributed by atoms with van der Waals surface area (Å²) in [5, 5.41) is 0. The third-order valence-corrected chi connectivity index (χ3v) is 7.05. The zero-order valence-electron chi connectivity index (χ0n) is 20.0. The summed E-state index contributed by atoms with van der Waals surface area (Å²) < 4.78 is 12.4. The van der Waals surface area contributed by atoms with Crippen molar-refractivity contribution in [2.24, 2.45) is 0 Å². The Bertz CT molecular complexity index is 1630. The smallest absolute Gasteiger partial charge is 0.155 e. The van der Waals surface area contributed by atoms with Gasteiger partial charge < -0.3 is 19.4 Å². The van der Waals surface area contributed by atoms with Gasteiger partial charge in [0, 0.05) is 23.5 Å². The van der Waals surface area contributed by atoms with Crippen LogP contribution < -0.4 is 9.47 Å². The number of H-pyrrole nitrogens is 2. The van der Waals surface area contributed by atoms with Crippen molar-refractivity contribution < 1.29 is 9.47 Å². The first-order valence-electron chi connectivity index (χ1n) is 12.2. The predicted molar refractivity (Wildman–Crippen MR) is 137 cm³/mol. The molecule has 6 nitrogen and oxygen atoms in total. The second kappa shape index (κ2) is 7.47. The molecule has 2 N–H and O–H groups in total. The summed E-state index contributed by atoms with van der Waals surface area (Å²) in [5.74, 6) is 4.07. The molecule has 0 atom stereocenters. The molecule has 0 amide bonds. The number of rotatable bonds is 3. The number of fused-ring (bicyclic) bond motifs is 8. The number of benzene rings is 3. The molecule has 3 aromatic carbocycles. The summed E-state index contributed by atoms with van der Waals surface area (Å²) in [6.45, 7) is 7.44. The van der Waals surface area contributed by atoms with Gasteiger partial charge in [0.2, 0.25) is 0 Å². The fourth-order valence-electron chi connectivity index (χ4n) is 5.13. The van der Waals surface area contributed by atoms with Crippen molar-refractivity contribution in [2.45, 2.75) is 46.3 Å². The number of aryl methyl sites for hydroxylation is 1. The van der Waals surface area contributed by atoms with E-state index in [0.717, 1.165) is 74.2 Å². The molecule has 0 spiro atoms. The van der Waals surface area contributed by atoms with E-state index in [1.165, 1.54) is 11.1 Å². The molecule has 0 aliphatic carbocycles. The number of hydrogen-bond acceptors (Lipinski definition) is 4. The van der Waals surface area contributed by atoms with Crippen molar-refractivity contribution >= 4 is 11.0 Å².